The number of nitrogens with two attached hydrogens (primary N) is 1. The monoisotopic (exact) mass is 284 g/mol. The summed E-state index contributed by atoms with van der Waals surface area (Å²) in [5.41, 5.74) is 7.68. The van der Waals surface area contributed by atoms with Gasteiger partial charge in [0.1, 0.15) is 0 Å². The Labute approximate surface area is 120 Å². The van der Waals surface area contributed by atoms with E-state index in [2.05, 4.69) is 0 Å². The maximum absolute atomic E-state index is 12.1. The van der Waals surface area contributed by atoms with E-state index < -0.39 is 0 Å². The molecule has 0 aliphatic carbocycles. The van der Waals surface area contributed by atoms with Crippen LogP contribution in [0.5, 0.6) is 0 Å². The summed E-state index contributed by atoms with van der Waals surface area (Å²) in [4.78, 5) is 13.9. The van der Waals surface area contributed by atoms with Gasteiger partial charge in [0.15, 0.2) is 0 Å². The summed E-state index contributed by atoms with van der Waals surface area (Å²) in [6.45, 7) is 4.03. The van der Waals surface area contributed by atoms with Crippen molar-refractivity contribution >= 4 is 24.0 Å². The lowest BCUT2D eigenvalue weighted by Gasteiger charge is -2.31. The number of nitrogen functional groups attached to an aromatic ring is 1. The number of halogens is 1. The third-order valence-electron chi connectivity index (χ3n) is 3.26. The number of morpholine rings is 1. The number of anilines is 1. The minimum atomic E-state index is 0. The summed E-state index contributed by atoms with van der Waals surface area (Å²) in [7, 11) is 0. The van der Waals surface area contributed by atoms with Crippen LogP contribution in [-0.2, 0) is 16.0 Å². The molecule has 0 radical (unpaired) electrons. The fraction of sp³-hybridized carbons (Fsp3) is 0.500. The summed E-state index contributed by atoms with van der Waals surface area (Å²) < 4.78 is 5.43. The molecule has 1 saturated heterocycles. The average Bonchev–Trinajstić information content (AvgIpc) is 2.37. The zero-order chi connectivity index (χ0) is 13.0. The number of nitrogens with zero attached hydrogens (tertiary/aromatic N) is 1. The molecule has 1 fully saturated rings. The van der Waals surface area contributed by atoms with Crippen molar-refractivity contribution in [3.05, 3.63) is 29.8 Å². The van der Waals surface area contributed by atoms with Crippen molar-refractivity contribution in [1.29, 1.82) is 0 Å². The number of aryl methyl sites for hydroxylation is 1. The van der Waals surface area contributed by atoms with Crippen LogP contribution in [0.25, 0.3) is 0 Å². The molecule has 0 spiro atoms. The predicted octanol–water partition coefficient (Wildman–Crippen LogP) is 1.87. The van der Waals surface area contributed by atoms with Gasteiger partial charge in [-0.2, -0.15) is 0 Å². The molecule has 106 valence electrons. The normalized spacial score (nSPS) is 18.8. The molecule has 5 heteroatoms. The van der Waals surface area contributed by atoms with Crippen LogP contribution in [0, 0.1) is 0 Å². The molecule has 1 aliphatic heterocycles. The van der Waals surface area contributed by atoms with Crippen LogP contribution in [0.4, 0.5) is 5.69 Å². The van der Waals surface area contributed by atoms with Crippen LogP contribution >= 0.6 is 12.4 Å². The fourth-order valence-electron chi connectivity index (χ4n) is 2.21. The SMILES string of the molecule is CC1CN(C(=O)CCc2ccccc2N)CCO1.Cl. The van der Waals surface area contributed by atoms with E-state index in [0.29, 0.717) is 32.5 Å². The number of hydrogen-bond donors (Lipinski definition) is 1. The van der Waals surface area contributed by atoms with Crippen LogP contribution in [0.3, 0.4) is 0 Å². The molecular weight excluding hydrogens is 264 g/mol. The number of hydrogen-bond acceptors (Lipinski definition) is 3. The molecule has 4 nitrogen and oxygen atoms in total. The van der Waals surface area contributed by atoms with Crippen molar-refractivity contribution in [2.24, 2.45) is 0 Å². The molecule has 1 aromatic carbocycles. The number of amides is 1. The fourth-order valence-corrected chi connectivity index (χ4v) is 2.21. The Morgan fingerprint density at radius 2 is 2.21 bits per heavy atom. The molecule has 1 aromatic rings. The topological polar surface area (TPSA) is 55.6 Å². The van der Waals surface area contributed by atoms with E-state index in [-0.39, 0.29) is 24.4 Å². The summed E-state index contributed by atoms with van der Waals surface area (Å²) in [6, 6.07) is 7.71. The third-order valence-corrected chi connectivity index (χ3v) is 3.26. The van der Waals surface area contributed by atoms with Gasteiger partial charge in [0.05, 0.1) is 12.7 Å². The standard InChI is InChI=1S/C14H20N2O2.ClH/c1-11-10-16(8-9-18-11)14(17)7-6-12-4-2-3-5-13(12)15;/h2-5,11H,6-10,15H2,1H3;1H. The second kappa shape index (κ2) is 7.36. The Morgan fingerprint density at radius 3 is 2.89 bits per heavy atom. The molecule has 1 heterocycles. The van der Waals surface area contributed by atoms with E-state index in [0.717, 1.165) is 11.3 Å². The van der Waals surface area contributed by atoms with Crippen molar-refractivity contribution < 1.29 is 9.53 Å². The Balaban J connectivity index is 0.00000180. The highest BCUT2D eigenvalue weighted by atomic mass is 35.5. The molecule has 0 bridgehead atoms. The first-order valence-corrected chi connectivity index (χ1v) is 6.39. The number of carbonyl (C=O) groups is 1. The first-order chi connectivity index (χ1) is 8.66. The van der Waals surface area contributed by atoms with E-state index in [1.807, 2.05) is 36.1 Å². The van der Waals surface area contributed by atoms with Gasteiger partial charge < -0.3 is 15.4 Å². The highest BCUT2D eigenvalue weighted by molar-refractivity contribution is 5.85. The number of rotatable bonds is 3. The van der Waals surface area contributed by atoms with Crippen LogP contribution < -0.4 is 5.73 Å². The van der Waals surface area contributed by atoms with E-state index in [9.17, 15) is 4.79 Å². The van der Waals surface area contributed by atoms with Gasteiger partial charge in [0.2, 0.25) is 5.91 Å². The zero-order valence-electron chi connectivity index (χ0n) is 11.2. The van der Waals surface area contributed by atoms with Crippen LogP contribution in [0.2, 0.25) is 0 Å². The molecule has 1 amide bonds. The maximum atomic E-state index is 12.1. The lowest BCUT2D eigenvalue weighted by Crippen LogP contribution is -2.44. The quantitative estimate of drug-likeness (QED) is 0.862. The van der Waals surface area contributed by atoms with Crippen molar-refractivity contribution in [1.82, 2.24) is 4.90 Å². The molecule has 1 atom stereocenters. The van der Waals surface area contributed by atoms with Crippen LogP contribution in [0.15, 0.2) is 24.3 Å². The third kappa shape index (κ3) is 4.40. The molecule has 0 aromatic heterocycles. The summed E-state index contributed by atoms with van der Waals surface area (Å²) in [6.07, 6.45) is 1.36. The lowest BCUT2D eigenvalue weighted by atomic mass is 10.1. The minimum Gasteiger partial charge on any atom is -0.399 e. The van der Waals surface area contributed by atoms with E-state index in [1.165, 1.54) is 0 Å². The van der Waals surface area contributed by atoms with E-state index >= 15 is 0 Å². The smallest absolute Gasteiger partial charge is 0.223 e. The van der Waals surface area contributed by atoms with Gasteiger partial charge in [0.25, 0.3) is 0 Å². The van der Waals surface area contributed by atoms with Crippen LogP contribution in [0.1, 0.15) is 18.9 Å². The number of carbonyl (C=O) groups excluding carboxylic acids is 1. The lowest BCUT2D eigenvalue weighted by molar-refractivity contribution is -0.138. The van der Waals surface area contributed by atoms with E-state index in [1.54, 1.807) is 0 Å². The summed E-state index contributed by atoms with van der Waals surface area (Å²) >= 11 is 0. The number of benzene rings is 1. The Bertz CT molecular complexity index is 426. The number of para-hydroxylation sites is 1. The van der Waals surface area contributed by atoms with Gasteiger partial charge >= 0.3 is 0 Å². The molecule has 2 N–H and O–H groups in total. The van der Waals surface area contributed by atoms with E-state index in [4.69, 9.17) is 10.5 Å². The highest BCUT2D eigenvalue weighted by Gasteiger charge is 2.20. The van der Waals surface area contributed by atoms with Crippen LogP contribution in [-0.4, -0.2) is 36.6 Å². The van der Waals surface area contributed by atoms with Gasteiger partial charge in [0, 0.05) is 25.2 Å². The number of ether oxygens (including phenoxy) is 1. The molecule has 1 aliphatic rings. The molecule has 2 rings (SSSR count). The van der Waals surface area contributed by atoms with Crippen molar-refractivity contribution in [3.8, 4) is 0 Å². The Kier molecular flexibility index (Phi) is 6.12. The summed E-state index contributed by atoms with van der Waals surface area (Å²) in [5, 5.41) is 0. The second-order valence-electron chi connectivity index (χ2n) is 4.72. The first-order valence-electron chi connectivity index (χ1n) is 6.39. The van der Waals surface area contributed by atoms with Gasteiger partial charge in [-0.05, 0) is 25.0 Å². The van der Waals surface area contributed by atoms with Gasteiger partial charge in [-0.3, -0.25) is 4.79 Å². The minimum absolute atomic E-state index is 0. The first kappa shape index (κ1) is 15.8. The molecular formula is C14H21ClN2O2. The summed E-state index contributed by atoms with van der Waals surface area (Å²) in [5.74, 6) is 0.188. The van der Waals surface area contributed by atoms with Gasteiger partial charge in [-0.1, -0.05) is 18.2 Å². The highest BCUT2D eigenvalue weighted by Crippen LogP contribution is 2.14. The van der Waals surface area contributed by atoms with Crippen molar-refractivity contribution in [3.63, 3.8) is 0 Å². The molecule has 0 saturated carbocycles. The zero-order valence-corrected chi connectivity index (χ0v) is 12.0. The Morgan fingerprint density at radius 1 is 1.47 bits per heavy atom. The van der Waals surface area contributed by atoms with Gasteiger partial charge in [-0.25, -0.2) is 0 Å². The average molecular weight is 285 g/mol. The second-order valence-corrected chi connectivity index (χ2v) is 4.72. The molecule has 1 unspecified atom stereocenters. The largest absolute Gasteiger partial charge is 0.399 e. The maximum Gasteiger partial charge on any atom is 0.223 e. The van der Waals surface area contributed by atoms with Crippen molar-refractivity contribution in [2.45, 2.75) is 25.9 Å². The molecule has 19 heavy (non-hydrogen) atoms. The van der Waals surface area contributed by atoms with Gasteiger partial charge in [-0.15, -0.1) is 12.4 Å². The Hall–Kier alpha value is -1.26. The van der Waals surface area contributed by atoms with Crippen molar-refractivity contribution in [2.75, 3.05) is 25.4 Å². The predicted molar refractivity (Wildman–Crippen MR) is 78.4 cm³/mol.